The lowest BCUT2D eigenvalue weighted by molar-refractivity contribution is -0.137. The van der Waals surface area contributed by atoms with Gasteiger partial charge in [0, 0.05) is 37.6 Å². The minimum absolute atomic E-state index is 0.00929. The van der Waals surface area contributed by atoms with E-state index in [9.17, 15) is 31.2 Å². The van der Waals surface area contributed by atoms with E-state index < -0.39 is 33.9 Å². The Morgan fingerprint density at radius 3 is 2.32 bits per heavy atom. The fourth-order valence-electron chi connectivity index (χ4n) is 4.15. The zero-order valence-electron chi connectivity index (χ0n) is 20.2. The smallest absolute Gasteiger partial charge is 0.379 e. The number of rotatable bonds is 8. The first-order valence-electron chi connectivity index (χ1n) is 11.8. The fourth-order valence-corrected chi connectivity index (χ4v) is 4.66. The van der Waals surface area contributed by atoms with Crippen LogP contribution in [0.2, 0.25) is 0 Å². The molecule has 0 bridgehead atoms. The highest BCUT2D eigenvalue weighted by Crippen LogP contribution is 2.30. The normalized spacial score (nSPS) is 14.5. The molecule has 0 atom stereocenters. The summed E-state index contributed by atoms with van der Waals surface area (Å²) in [5.41, 5.74) is -0.106. The summed E-state index contributed by atoms with van der Waals surface area (Å²) in [5.74, 6) is -0.770. The standard InChI is InChI=1S/C26H26F3N3O5S/c27-26(28,29)20-2-1-3-21(14-20)32-22(16-31-10-12-37-13-11-31)8-9-23(25(32)34)24(33)30-15-18-4-6-19(7-5-18)17-38(35)36/h1-9,14,38H,10-13,15-17H2,(H,30,33). The van der Waals surface area contributed by atoms with Gasteiger partial charge in [-0.25, -0.2) is 8.42 Å². The van der Waals surface area contributed by atoms with Crippen LogP contribution in [-0.4, -0.2) is 50.1 Å². The molecule has 0 aliphatic carbocycles. The molecule has 1 N–H and O–H groups in total. The molecule has 1 amide bonds. The van der Waals surface area contributed by atoms with Gasteiger partial charge in [-0.15, -0.1) is 0 Å². The molecule has 8 nitrogen and oxygen atoms in total. The molecule has 4 rings (SSSR count). The van der Waals surface area contributed by atoms with Crippen molar-refractivity contribution < 1.29 is 31.1 Å². The topological polar surface area (TPSA) is 97.7 Å². The molecule has 2 aromatic carbocycles. The summed E-state index contributed by atoms with van der Waals surface area (Å²) in [6, 6.07) is 14.0. The SMILES string of the molecule is O=C(NCc1ccc(C[SH](=O)=O)cc1)c1ccc(CN2CCOCC2)n(-c2cccc(C(F)(F)F)c2)c1=O. The first-order chi connectivity index (χ1) is 18.1. The quantitative estimate of drug-likeness (QED) is 0.420. The van der Waals surface area contributed by atoms with Crippen molar-refractivity contribution in [2.75, 3.05) is 26.3 Å². The van der Waals surface area contributed by atoms with Gasteiger partial charge in [-0.1, -0.05) is 30.3 Å². The molecule has 3 aromatic rings. The third-order valence-corrected chi connectivity index (χ3v) is 6.74. The number of benzene rings is 2. The first-order valence-corrected chi connectivity index (χ1v) is 13.2. The van der Waals surface area contributed by atoms with Gasteiger partial charge in [0.2, 0.25) is 0 Å². The van der Waals surface area contributed by atoms with Crippen LogP contribution in [-0.2, 0) is 40.5 Å². The number of carbonyl (C=O) groups excluding carboxylic acids is 1. The minimum Gasteiger partial charge on any atom is -0.379 e. The number of ether oxygens (including phenoxy) is 1. The maximum Gasteiger partial charge on any atom is 0.416 e. The zero-order valence-corrected chi connectivity index (χ0v) is 21.1. The first kappa shape index (κ1) is 27.6. The molecule has 38 heavy (non-hydrogen) atoms. The Morgan fingerprint density at radius 1 is 0.974 bits per heavy atom. The number of alkyl halides is 3. The number of nitrogens with zero attached hydrogens (tertiary/aromatic N) is 2. The number of amides is 1. The van der Waals surface area contributed by atoms with Gasteiger partial charge in [0.15, 0.2) is 0 Å². The second-order valence-electron chi connectivity index (χ2n) is 8.81. The third kappa shape index (κ3) is 6.88. The number of pyridine rings is 1. The average molecular weight is 550 g/mol. The van der Waals surface area contributed by atoms with Crippen LogP contribution in [0.4, 0.5) is 13.2 Å². The molecule has 2 heterocycles. The van der Waals surface area contributed by atoms with Crippen LogP contribution < -0.4 is 10.9 Å². The third-order valence-electron chi connectivity index (χ3n) is 6.12. The molecule has 0 radical (unpaired) electrons. The Hall–Kier alpha value is -3.48. The summed E-state index contributed by atoms with van der Waals surface area (Å²) in [7, 11) is -2.56. The van der Waals surface area contributed by atoms with Crippen LogP contribution in [0.3, 0.4) is 0 Å². The zero-order chi connectivity index (χ0) is 27.3. The summed E-state index contributed by atoms with van der Waals surface area (Å²) in [5, 5.41) is 2.65. The molecular weight excluding hydrogens is 523 g/mol. The second-order valence-corrected chi connectivity index (χ2v) is 9.79. The summed E-state index contributed by atoms with van der Waals surface area (Å²) < 4.78 is 68.5. The van der Waals surface area contributed by atoms with Crippen molar-refractivity contribution >= 4 is 16.6 Å². The van der Waals surface area contributed by atoms with Gasteiger partial charge in [0.25, 0.3) is 11.5 Å². The van der Waals surface area contributed by atoms with Crippen molar-refractivity contribution in [3.8, 4) is 5.69 Å². The molecule has 0 spiro atoms. The van der Waals surface area contributed by atoms with E-state index in [1.807, 2.05) is 4.90 Å². The Bertz CT molecular complexity index is 1420. The van der Waals surface area contributed by atoms with Gasteiger partial charge >= 0.3 is 6.18 Å². The molecule has 1 aliphatic heterocycles. The molecule has 1 aromatic heterocycles. The summed E-state index contributed by atoms with van der Waals surface area (Å²) >= 11 is 0. The van der Waals surface area contributed by atoms with E-state index in [2.05, 4.69) is 5.32 Å². The maximum absolute atomic E-state index is 13.5. The monoisotopic (exact) mass is 549 g/mol. The van der Waals surface area contributed by atoms with Gasteiger partial charge in [-0.3, -0.25) is 19.1 Å². The fraction of sp³-hybridized carbons (Fsp3) is 0.308. The number of aromatic nitrogens is 1. The molecule has 0 saturated carbocycles. The van der Waals surface area contributed by atoms with Gasteiger partial charge in [-0.05, 0) is 41.5 Å². The number of hydrogen-bond donors (Lipinski definition) is 2. The predicted octanol–water partition coefficient (Wildman–Crippen LogP) is 2.73. The number of halogens is 3. The van der Waals surface area contributed by atoms with Crippen LogP contribution >= 0.6 is 0 Å². The Balaban J connectivity index is 1.63. The van der Waals surface area contributed by atoms with E-state index in [-0.39, 0.29) is 30.1 Å². The highest BCUT2D eigenvalue weighted by Gasteiger charge is 2.31. The van der Waals surface area contributed by atoms with Crippen LogP contribution in [0.25, 0.3) is 5.69 Å². The van der Waals surface area contributed by atoms with Crippen molar-refractivity contribution in [1.82, 2.24) is 14.8 Å². The van der Waals surface area contributed by atoms with Crippen LogP contribution in [0.1, 0.15) is 32.7 Å². The predicted molar refractivity (Wildman–Crippen MR) is 135 cm³/mol. The van der Waals surface area contributed by atoms with Gasteiger partial charge in [0.1, 0.15) is 16.3 Å². The molecule has 1 saturated heterocycles. The summed E-state index contributed by atoms with van der Waals surface area (Å²) in [6.45, 7) is 2.57. The number of nitrogens with one attached hydrogen (secondary N) is 1. The van der Waals surface area contributed by atoms with Crippen molar-refractivity contribution in [3.05, 3.63) is 99.0 Å². The highest BCUT2D eigenvalue weighted by atomic mass is 32.2. The van der Waals surface area contributed by atoms with Crippen LogP contribution in [0.5, 0.6) is 0 Å². The molecule has 12 heteroatoms. The highest BCUT2D eigenvalue weighted by molar-refractivity contribution is 7.71. The Labute approximate surface area is 218 Å². The van der Waals surface area contributed by atoms with Crippen molar-refractivity contribution in [2.45, 2.75) is 25.0 Å². The Kier molecular flexibility index (Phi) is 8.65. The van der Waals surface area contributed by atoms with Gasteiger partial charge < -0.3 is 10.1 Å². The molecular formula is C26H26F3N3O5S. The van der Waals surface area contributed by atoms with Crippen molar-refractivity contribution in [2.24, 2.45) is 0 Å². The van der Waals surface area contributed by atoms with E-state index in [1.54, 1.807) is 30.3 Å². The number of hydrogen-bond acceptors (Lipinski definition) is 6. The van der Waals surface area contributed by atoms with Gasteiger partial charge in [-0.2, -0.15) is 13.2 Å². The number of morpholine rings is 1. The molecule has 1 aliphatic rings. The lowest BCUT2D eigenvalue weighted by atomic mass is 10.1. The van der Waals surface area contributed by atoms with Crippen LogP contribution in [0, 0.1) is 0 Å². The number of carbonyl (C=O) groups is 1. The van der Waals surface area contributed by atoms with E-state index in [0.717, 1.165) is 16.7 Å². The van der Waals surface area contributed by atoms with E-state index >= 15 is 0 Å². The summed E-state index contributed by atoms with van der Waals surface area (Å²) in [6.07, 6.45) is -4.60. The van der Waals surface area contributed by atoms with E-state index in [4.69, 9.17) is 4.74 Å². The minimum atomic E-state index is -4.60. The van der Waals surface area contributed by atoms with E-state index in [0.29, 0.717) is 43.1 Å². The molecule has 0 unspecified atom stereocenters. The average Bonchev–Trinajstić information content (AvgIpc) is 2.88. The maximum atomic E-state index is 13.5. The molecule has 202 valence electrons. The largest absolute Gasteiger partial charge is 0.416 e. The lowest BCUT2D eigenvalue weighted by Gasteiger charge is -2.28. The van der Waals surface area contributed by atoms with Gasteiger partial charge in [0.05, 0.1) is 24.5 Å². The Morgan fingerprint density at radius 2 is 1.66 bits per heavy atom. The number of thiol groups is 1. The summed E-state index contributed by atoms with van der Waals surface area (Å²) in [4.78, 5) is 28.5. The van der Waals surface area contributed by atoms with E-state index in [1.165, 1.54) is 18.2 Å². The lowest BCUT2D eigenvalue weighted by Crippen LogP contribution is -2.38. The van der Waals surface area contributed by atoms with Crippen LogP contribution in [0.15, 0.2) is 65.5 Å². The van der Waals surface area contributed by atoms with Crippen molar-refractivity contribution in [3.63, 3.8) is 0 Å². The molecule has 1 fully saturated rings. The van der Waals surface area contributed by atoms with Crippen molar-refractivity contribution in [1.29, 1.82) is 0 Å². The second kappa shape index (κ2) is 11.9.